The van der Waals surface area contributed by atoms with Gasteiger partial charge < -0.3 is 10.4 Å². The Hall–Kier alpha value is -1.00. The van der Waals surface area contributed by atoms with Crippen molar-refractivity contribution >= 4 is 0 Å². The number of benzene rings is 1. The molecule has 0 aromatic heterocycles. The van der Waals surface area contributed by atoms with Gasteiger partial charge in [-0.05, 0) is 24.6 Å². The van der Waals surface area contributed by atoms with Gasteiger partial charge in [-0.1, -0.05) is 0 Å². The zero-order valence-corrected chi connectivity index (χ0v) is 7.93. The molecule has 0 spiro atoms. The molecule has 1 aromatic carbocycles. The smallest absolute Gasteiger partial charge is 0.126 e. The fourth-order valence-corrected chi connectivity index (χ4v) is 1.14. The summed E-state index contributed by atoms with van der Waals surface area (Å²) in [5.74, 6) is -1.17. The Bertz CT molecular complexity index is 282. The van der Waals surface area contributed by atoms with Gasteiger partial charge in [0, 0.05) is 19.2 Å². The van der Waals surface area contributed by atoms with E-state index in [1.54, 1.807) is 6.92 Å². The lowest BCUT2D eigenvalue weighted by Crippen LogP contribution is -2.23. The number of aliphatic hydroxyl groups excluding tert-OH is 1. The van der Waals surface area contributed by atoms with Crippen molar-refractivity contribution in [2.75, 3.05) is 6.54 Å². The fourth-order valence-electron chi connectivity index (χ4n) is 1.14. The molecule has 2 nitrogen and oxygen atoms in total. The molecule has 1 rings (SSSR count). The molecule has 0 saturated carbocycles. The minimum absolute atomic E-state index is 0.347. The predicted molar refractivity (Wildman–Crippen MR) is 49.7 cm³/mol. The molecule has 1 unspecified atom stereocenters. The average molecular weight is 201 g/mol. The maximum Gasteiger partial charge on any atom is 0.126 e. The standard InChI is InChI=1S/C10H13F2NO/c1-7(14)5-13-6-8-2-9(11)4-10(12)3-8/h2-4,7,13-14H,5-6H2,1H3. The van der Waals surface area contributed by atoms with E-state index in [4.69, 9.17) is 5.11 Å². The lowest BCUT2D eigenvalue weighted by Gasteiger charge is -2.06. The zero-order valence-electron chi connectivity index (χ0n) is 7.93. The molecular formula is C10H13F2NO. The van der Waals surface area contributed by atoms with E-state index in [-0.39, 0.29) is 0 Å². The first-order chi connectivity index (χ1) is 6.58. The second-order valence-corrected chi connectivity index (χ2v) is 3.26. The van der Waals surface area contributed by atoms with Crippen LogP contribution in [0.1, 0.15) is 12.5 Å². The molecule has 0 radical (unpaired) electrons. The summed E-state index contributed by atoms with van der Waals surface area (Å²) in [6.45, 7) is 2.39. The van der Waals surface area contributed by atoms with Crippen molar-refractivity contribution in [2.24, 2.45) is 0 Å². The van der Waals surface area contributed by atoms with Gasteiger partial charge in [-0.2, -0.15) is 0 Å². The van der Waals surface area contributed by atoms with E-state index in [0.29, 0.717) is 18.7 Å². The first-order valence-electron chi connectivity index (χ1n) is 4.41. The molecule has 0 fully saturated rings. The maximum atomic E-state index is 12.7. The van der Waals surface area contributed by atoms with E-state index in [9.17, 15) is 8.78 Å². The number of hydrogen-bond donors (Lipinski definition) is 2. The van der Waals surface area contributed by atoms with Crippen molar-refractivity contribution in [3.05, 3.63) is 35.4 Å². The molecule has 1 aromatic rings. The van der Waals surface area contributed by atoms with Crippen molar-refractivity contribution in [3.63, 3.8) is 0 Å². The van der Waals surface area contributed by atoms with Crippen LogP contribution in [-0.2, 0) is 6.54 Å². The SMILES string of the molecule is CC(O)CNCc1cc(F)cc(F)c1. The molecule has 2 N–H and O–H groups in total. The number of halogens is 2. The number of hydrogen-bond acceptors (Lipinski definition) is 2. The Morgan fingerprint density at radius 2 is 1.86 bits per heavy atom. The third kappa shape index (κ3) is 3.81. The van der Waals surface area contributed by atoms with Gasteiger partial charge in [-0.15, -0.1) is 0 Å². The summed E-state index contributed by atoms with van der Waals surface area (Å²) in [6.07, 6.45) is -0.464. The van der Waals surface area contributed by atoms with Crippen molar-refractivity contribution in [2.45, 2.75) is 19.6 Å². The summed E-state index contributed by atoms with van der Waals surface area (Å²) in [6, 6.07) is 3.36. The minimum Gasteiger partial charge on any atom is -0.392 e. The zero-order chi connectivity index (χ0) is 10.6. The lowest BCUT2D eigenvalue weighted by molar-refractivity contribution is 0.191. The van der Waals surface area contributed by atoms with Crippen LogP contribution in [0.3, 0.4) is 0 Å². The molecule has 78 valence electrons. The fraction of sp³-hybridized carbons (Fsp3) is 0.400. The van der Waals surface area contributed by atoms with E-state index in [0.717, 1.165) is 6.07 Å². The second kappa shape index (κ2) is 5.02. The van der Waals surface area contributed by atoms with Gasteiger partial charge in [0.1, 0.15) is 11.6 Å². The van der Waals surface area contributed by atoms with Gasteiger partial charge in [0.05, 0.1) is 6.10 Å². The van der Waals surface area contributed by atoms with Gasteiger partial charge in [0.15, 0.2) is 0 Å². The topological polar surface area (TPSA) is 32.3 Å². The quantitative estimate of drug-likeness (QED) is 0.772. The van der Waals surface area contributed by atoms with Gasteiger partial charge in [-0.3, -0.25) is 0 Å². The second-order valence-electron chi connectivity index (χ2n) is 3.26. The largest absolute Gasteiger partial charge is 0.392 e. The maximum absolute atomic E-state index is 12.7. The van der Waals surface area contributed by atoms with Crippen LogP contribution in [0.2, 0.25) is 0 Å². The molecule has 1 atom stereocenters. The highest BCUT2D eigenvalue weighted by atomic mass is 19.1. The van der Waals surface area contributed by atoms with E-state index < -0.39 is 17.7 Å². The van der Waals surface area contributed by atoms with Gasteiger partial charge >= 0.3 is 0 Å². The summed E-state index contributed by atoms with van der Waals surface area (Å²) < 4.78 is 25.4. The van der Waals surface area contributed by atoms with Gasteiger partial charge in [0.2, 0.25) is 0 Å². The van der Waals surface area contributed by atoms with Crippen molar-refractivity contribution in [1.29, 1.82) is 0 Å². The van der Waals surface area contributed by atoms with Gasteiger partial charge in [0.25, 0.3) is 0 Å². The van der Waals surface area contributed by atoms with Crippen LogP contribution in [0.25, 0.3) is 0 Å². The molecule has 0 saturated heterocycles. The van der Waals surface area contributed by atoms with Crippen LogP contribution in [0.15, 0.2) is 18.2 Å². The number of nitrogens with one attached hydrogen (secondary N) is 1. The summed E-state index contributed by atoms with van der Waals surface area (Å²) >= 11 is 0. The highest BCUT2D eigenvalue weighted by Crippen LogP contribution is 2.07. The summed E-state index contributed by atoms with van der Waals surface area (Å²) in [7, 11) is 0. The summed E-state index contributed by atoms with van der Waals surface area (Å²) in [4.78, 5) is 0. The van der Waals surface area contributed by atoms with Crippen LogP contribution in [-0.4, -0.2) is 17.8 Å². The first-order valence-corrected chi connectivity index (χ1v) is 4.41. The average Bonchev–Trinajstić information content (AvgIpc) is 2.01. The molecule has 0 aliphatic rings. The van der Waals surface area contributed by atoms with E-state index >= 15 is 0 Å². The minimum atomic E-state index is -0.584. The Morgan fingerprint density at radius 3 is 2.36 bits per heavy atom. The Labute approximate surface area is 81.6 Å². The number of rotatable bonds is 4. The first kappa shape index (κ1) is 11.1. The molecule has 0 bridgehead atoms. The molecule has 4 heteroatoms. The molecule has 0 heterocycles. The van der Waals surface area contributed by atoms with Crippen LogP contribution in [0.5, 0.6) is 0 Å². The monoisotopic (exact) mass is 201 g/mol. The molecule has 0 aliphatic heterocycles. The molecular weight excluding hydrogens is 188 g/mol. The van der Waals surface area contributed by atoms with E-state index in [1.165, 1.54) is 12.1 Å². The van der Waals surface area contributed by atoms with Crippen molar-refractivity contribution < 1.29 is 13.9 Å². The van der Waals surface area contributed by atoms with Crippen LogP contribution < -0.4 is 5.32 Å². The van der Waals surface area contributed by atoms with Gasteiger partial charge in [-0.25, -0.2) is 8.78 Å². The van der Waals surface area contributed by atoms with Crippen LogP contribution >= 0.6 is 0 Å². The Balaban J connectivity index is 2.50. The van der Waals surface area contributed by atoms with Crippen molar-refractivity contribution in [3.8, 4) is 0 Å². The van der Waals surface area contributed by atoms with E-state index in [2.05, 4.69) is 5.32 Å². The summed E-state index contributed by atoms with van der Waals surface area (Å²) in [5, 5.41) is 11.8. The third-order valence-electron chi connectivity index (χ3n) is 1.69. The predicted octanol–water partition coefficient (Wildman–Crippen LogP) is 1.44. The normalized spacial score (nSPS) is 12.9. The molecule has 0 aliphatic carbocycles. The Kier molecular flexibility index (Phi) is 3.98. The number of aliphatic hydroxyl groups is 1. The molecule has 14 heavy (non-hydrogen) atoms. The van der Waals surface area contributed by atoms with Crippen LogP contribution in [0, 0.1) is 11.6 Å². The third-order valence-corrected chi connectivity index (χ3v) is 1.69. The molecule has 0 amide bonds. The Morgan fingerprint density at radius 1 is 1.29 bits per heavy atom. The summed E-state index contributed by atoms with van der Waals surface area (Å²) in [5.41, 5.74) is 0.531. The highest BCUT2D eigenvalue weighted by Gasteiger charge is 2.00. The van der Waals surface area contributed by atoms with E-state index in [1.807, 2.05) is 0 Å². The lowest BCUT2D eigenvalue weighted by atomic mass is 10.2. The van der Waals surface area contributed by atoms with Crippen molar-refractivity contribution in [1.82, 2.24) is 5.32 Å². The highest BCUT2D eigenvalue weighted by molar-refractivity contribution is 5.17. The van der Waals surface area contributed by atoms with Crippen LogP contribution in [0.4, 0.5) is 8.78 Å².